The van der Waals surface area contributed by atoms with E-state index in [4.69, 9.17) is 4.74 Å². The first-order valence-corrected chi connectivity index (χ1v) is 7.45. The molecule has 0 radical (unpaired) electrons. The zero-order valence-corrected chi connectivity index (χ0v) is 12.8. The van der Waals surface area contributed by atoms with E-state index in [1.165, 1.54) is 0 Å². The van der Waals surface area contributed by atoms with Gasteiger partial charge in [-0.15, -0.1) is 0 Å². The van der Waals surface area contributed by atoms with E-state index in [1.807, 2.05) is 28.8 Å². The van der Waals surface area contributed by atoms with Crippen LogP contribution in [0.1, 0.15) is 25.1 Å². The Kier molecular flexibility index (Phi) is 3.83. The molecule has 0 saturated carbocycles. The van der Waals surface area contributed by atoms with Crippen molar-refractivity contribution in [3.05, 3.63) is 30.1 Å². The maximum absolute atomic E-state index is 11.9. The van der Waals surface area contributed by atoms with Gasteiger partial charge in [0, 0.05) is 25.9 Å². The highest BCUT2D eigenvalue weighted by molar-refractivity contribution is 5.81. The van der Waals surface area contributed by atoms with Crippen LogP contribution in [0.15, 0.2) is 24.3 Å². The number of carbonyl (C=O) groups excluding carboxylic acids is 2. The normalized spacial score (nSPS) is 18.2. The molecule has 1 aromatic carbocycles. The van der Waals surface area contributed by atoms with E-state index in [9.17, 15) is 9.59 Å². The monoisotopic (exact) mass is 301 g/mol. The molecule has 0 N–H and O–H groups in total. The van der Waals surface area contributed by atoms with Crippen molar-refractivity contribution in [1.82, 2.24) is 14.5 Å². The molecule has 1 aromatic heterocycles. The number of para-hydroxylation sites is 2. The van der Waals surface area contributed by atoms with Crippen LogP contribution < -0.4 is 0 Å². The van der Waals surface area contributed by atoms with Crippen molar-refractivity contribution in [3.63, 3.8) is 0 Å². The highest BCUT2D eigenvalue weighted by Gasteiger charge is 2.32. The topological polar surface area (TPSA) is 64.4 Å². The molecule has 6 heteroatoms. The lowest BCUT2D eigenvalue weighted by Crippen LogP contribution is -2.20. The quantitative estimate of drug-likeness (QED) is 0.804. The van der Waals surface area contributed by atoms with Gasteiger partial charge in [-0.25, -0.2) is 4.98 Å². The minimum absolute atomic E-state index is 0.0133. The lowest BCUT2D eigenvalue weighted by atomic mass is 10.1. The van der Waals surface area contributed by atoms with Crippen molar-refractivity contribution in [3.8, 4) is 0 Å². The van der Waals surface area contributed by atoms with Gasteiger partial charge >= 0.3 is 5.97 Å². The Balaban J connectivity index is 2.01. The van der Waals surface area contributed by atoms with Gasteiger partial charge < -0.3 is 14.2 Å². The van der Waals surface area contributed by atoms with E-state index < -0.39 is 0 Å². The predicted molar refractivity (Wildman–Crippen MR) is 81.4 cm³/mol. The predicted octanol–water partition coefficient (Wildman–Crippen LogP) is 1.55. The van der Waals surface area contributed by atoms with Gasteiger partial charge in [0.1, 0.15) is 12.4 Å². The number of esters is 1. The van der Waals surface area contributed by atoms with Crippen LogP contribution in [0.4, 0.5) is 0 Å². The van der Waals surface area contributed by atoms with Crippen molar-refractivity contribution in [2.75, 3.05) is 20.2 Å². The first-order valence-electron chi connectivity index (χ1n) is 7.45. The second kappa shape index (κ2) is 5.79. The van der Waals surface area contributed by atoms with E-state index >= 15 is 0 Å². The van der Waals surface area contributed by atoms with E-state index in [0.717, 1.165) is 16.9 Å². The number of carbonyl (C=O) groups is 2. The summed E-state index contributed by atoms with van der Waals surface area (Å²) in [6, 6.07) is 7.69. The third kappa shape index (κ3) is 2.56. The Bertz CT molecular complexity index is 722. The Morgan fingerprint density at radius 3 is 2.86 bits per heavy atom. The lowest BCUT2D eigenvalue weighted by molar-refractivity contribution is -0.143. The number of benzene rings is 1. The summed E-state index contributed by atoms with van der Waals surface area (Å²) < 4.78 is 6.94. The van der Waals surface area contributed by atoms with Crippen LogP contribution in [0.25, 0.3) is 11.0 Å². The second-order valence-electron chi connectivity index (χ2n) is 5.53. The van der Waals surface area contributed by atoms with Crippen LogP contribution >= 0.6 is 0 Å². The van der Waals surface area contributed by atoms with Gasteiger partial charge in [0.15, 0.2) is 0 Å². The SMILES string of the molecule is CCOC(=O)Cn1c([C@H]2CC(=O)N(C)C2)nc2ccccc21. The summed E-state index contributed by atoms with van der Waals surface area (Å²) in [5.41, 5.74) is 1.73. The number of nitrogens with zero attached hydrogens (tertiary/aromatic N) is 3. The van der Waals surface area contributed by atoms with Gasteiger partial charge in [-0.1, -0.05) is 12.1 Å². The van der Waals surface area contributed by atoms with Crippen LogP contribution in [-0.2, 0) is 20.9 Å². The van der Waals surface area contributed by atoms with E-state index in [1.54, 1.807) is 18.9 Å². The second-order valence-corrected chi connectivity index (χ2v) is 5.53. The van der Waals surface area contributed by atoms with Gasteiger partial charge in [0.05, 0.1) is 17.6 Å². The molecule has 2 aromatic rings. The molecule has 1 saturated heterocycles. The van der Waals surface area contributed by atoms with Gasteiger partial charge in [0.2, 0.25) is 5.91 Å². The summed E-state index contributed by atoms with van der Waals surface area (Å²) in [5, 5.41) is 0. The molecule has 0 unspecified atom stereocenters. The van der Waals surface area contributed by atoms with Gasteiger partial charge in [-0.3, -0.25) is 9.59 Å². The highest BCUT2D eigenvalue weighted by Crippen LogP contribution is 2.29. The number of likely N-dealkylation sites (tertiary alicyclic amines) is 1. The van der Waals surface area contributed by atoms with Crippen molar-refractivity contribution >= 4 is 22.9 Å². The minimum atomic E-state index is -0.287. The molecule has 1 aliphatic heterocycles. The Labute approximate surface area is 128 Å². The number of fused-ring (bicyclic) bond motifs is 1. The molecular weight excluding hydrogens is 282 g/mol. The molecule has 22 heavy (non-hydrogen) atoms. The number of likely N-dealkylation sites (N-methyl/N-ethyl adjacent to an activating group) is 1. The van der Waals surface area contributed by atoms with Crippen molar-refractivity contribution in [2.45, 2.75) is 25.8 Å². The molecule has 2 heterocycles. The number of aromatic nitrogens is 2. The first-order chi connectivity index (χ1) is 10.6. The molecule has 0 aliphatic carbocycles. The van der Waals surface area contributed by atoms with Crippen molar-refractivity contribution in [1.29, 1.82) is 0 Å². The average molecular weight is 301 g/mol. The summed E-state index contributed by atoms with van der Waals surface area (Å²) in [7, 11) is 1.79. The standard InChI is InChI=1S/C16H19N3O3/c1-3-22-15(21)10-19-13-7-5-4-6-12(13)17-16(19)11-8-14(20)18(2)9-11/h4-7,11H,3,8-10H2,1-2H3/t11-/m0/s1. The van der Waals surface area contributed by atoms with Gasteiger partial charge in [0.25, 0.3) is 0 Å². The molecule has 0 spiro atoms. The smallest absolute Gasteiger partial charge is 0.326 e. The number of ether oxygens (including phenoxy) is 1. The summed E-state index contributed by atoms with van der Waals surface area (Å²) in [5.74, 6) is 0.621. The Hall–Kier alpha value is -2.37. The summed E-state index contributed by atoms with van der Waals surface area (Å²) in [6.45, 7) is 2.89. The molecule has 0 bridgehead atoms. The molecule has 3 rings (SSSR count). The number of imidazole rings is 1. The fourth-order valence-corrected chi connectivity index (χ4v) is 2.94. The molecule has 1 aliphatic rings. The van der Waals surface area contributed by atoms with E-state index in [2.05, 4.69) is 4.98 Å². The molecule has 1 atom stereocenters. The van der Waals surface area contributed by atoms with Crippen LogP contribution in [0.3, 0.4) is 0 Å². The van der Waals surface area contributed by atoms with Crippen molar-refractivity contribution < 1.29 is 14.3 Å². The van der Waals surface area contributed by atoms with Crippen LogP contribution in [0.5, 0.6) is 0 Å². The van der Waals surface area contributed by atoms with Crippen LogP contribution in [0.2, 0.25) is 0 Å². The summed E-state index contributed by atoms with van der Waals surface area (Å²) in [4.78, 5) is 30.1. The minimum Gasteiger partial charge on any atom is -0.465 e. The average Bonchev–Trinajstić information content (AvgIpc) is 3.01. The van der Waals surface area contributed by atoms with Gasteiger partial charge in [-0.2, -0.15) is 0 Å². The van der Waals surface area contributed by atoms with E-state index in [0.29, 0.717) is 19.6 Å². The summed E-state index contributed by atoms with van der Waals surface area (Å²) >= 11 is 0. The molecule has 1 fully saturated rings. The first kappa shape index (κ1) is 14.6. The maximum atomic E-state index is 11.9. The molecule has 116 valence electrons. The zero-order chi connectivity index (χ0) is 15.7. The van der Waals surface area contributed by atoms with Gasteiger partial charge in [-0.05, 0) is 19.1 Å². The number of amides is 1. The lowest BCUT2D eigenvalue weighted by Gasteiger charge is -2.13. The largest absolute Gasteiger partial charge is 0.465 e. The highest BCUT2D eigenvalue weighted by atomic mass is 16.5. The van der Waals surface area contributed by atoms with Crippen molar-refractivity contribution in [2.24, 2.45) is 0 Å². The Morgan fingerprint density at radius 2 is 2.18 bits per heavy atom. The summed E-state index contributed by atoms with van der Waals surface area (Å²) in [6.07, 6.45) is 0.433. The molecule has 1 amide bonds. The molecule has 6 nitrogen and oxygen atoms in total. The number of rotatable bonds is 4. The maximum Gasteiger partial charge on any atom is 0.326 e. The number of hydrogen-bond acceptors (Lipinski definition) is 4. The zero-order valence-electron chi connectivity index (χ0n) is 12.8. The third-order valence-electron chi connectivity index (χ3n) is 3.98. The van der Waals surface area contributed by atoms with Crippen LogP contribution in [0, 0.1) is 0 Å². The molecular formula is C16H19N3O3. The van der Waals surface area contributed by atoms with E-state index in [-0.39, 0.29) is 24.3 Å². The fourth-order valence-electron chi connectivity index (χ4n) is 2.94. The fraction of sp³-hybridized carbons (Fsp3) is 0.438. The Morgan fingerprint density at radius 1 is 1.41 bits per heavy atom. The third-order valence-corrected chi connectivity index (χ3v) is 3.98. The number of hydrogen-bond donors (Lipinski definition) is 0. The van der Waals surface area contributed by atoms with Crippen LogP contribution in [-0.4, -0.2) is 46.5 Å².